The van der Waals surface area contributed by atoms with Crippen LogP contribution in [0.1, 0.15) is 17.2 Å². The number of carbonyl (C=O) groups excluding carboxylic acids is 2. The van der Waals surface area contributed by atoms with Crippen LogP contribution in [0.5, 0.6) is 5.88 Å². The van der Waals surface area contributed by atoms with E-state index in [2.05, 4.69) is 4.98 Å². The Morgan fingerprint density at radius 2 is 2.08 bits per heavy atom. The molecule has 2 amide bonds. The average molecular weight is 324 g/mol. The van der Waals surface area contributed by atoms with Crippen molar-refractivity contribution in [2.45, 2.75) is 6.04 Å². The third-order valence-electron chi connectivity index (χ3n) is 3.68. The molecule has 1 aliphatic rings. The number of aromatic nitrogens is 1. The zero-order valence-electron chi connectivity index (χ0n) is 13.1. The van der Waals surface area contributed by atoms with Gasteiger partial charge < -0.3 is 9.47 Å². The summed E-state index contributed by atoms with van der Waals surface area (Å²) in [6.07, 6.45) is 3.89. The maximum absolute atomic E-state index is 12.4. The number of carbonyl (C=O) groups is 2. The monoisotopic (exact) mass is 324 g/mol. The molecular weight excluding hydrogens is 308 g/mol. The van der Waals surface area contributed by atoms with Crippen LogP contribution in [0.25, 0.3) is 6.08 Å². The fourth-order valence-corrected chi connectivity index (χ4v) is 2.44. The topological polar surface area (TPSA) is 68.7 Å². The van der Waals surface area contributed by atoms with Crippen molar-refractivity contribution in [3.8, 4) is 5.88 Å². The molecule has 24 heavy (non-hydrogen) atoms. The molecular formula is C18H16N2O4. The quantitative estimate of drug-likeness (QED) is 0.809. The van der Waals surface area contributed by atoms with Gasteiger partial charge in [-0.05, 0) is 23.3 Å². The van der Waals surface area contributed by atoms with Gasteiger partial charge in [0.15, 0.2) is 0 Å². The minimum Gasteiger partial charge on any atom is -0.481 e. The number of methoxy groups -OCH3 is 1. The lowest BCUT2D eigenvalue weighted by atomic mass is 10.1. The molecule has 1 fully saturated rings. The summed E-state index contributed by atoms with van der Waals surface area (Å²) in [5.74, 6) is 0.0629. The van der Waals surface area contributed by atoms with E-state index in [4.69, 9.17) is 9.47 Å². The molecule has 0 spiro atoms. The highest BCUT2D eigenvalue weighted by Crippen LogP contribution is 2.27. The van der Waals surface area contributed by atoms with E-state index in [0.717, 1.165) is 16.0 Å². The smallest absolute Gasteiger partial charge is 0.417 e. The lowest BCUT2D eigenvalue weighted by Gasteiger charge is -2.18. The van der Waals surface area contributed by atoms with Gasteiger partial charge in [0.25, 0.3) is 5.91 Å². The van der Waals surface area contributed by atoms with Crippen molar-refractivity contribution >= 4 is 18.1 Å². The van der Waals surface area contributed by atoms with E-state index in [-0.39, 0.29) is 6.61 Å². The van der Waals surface area contributed by atoms with E-state index in [1.807, 2.05) is 30.3 Å². The van der Waals surface area contributed by atoms with Crippen molar-refractivity contribution in [2.75, 3.05) is 13.7 Å². The molecule has 122 valence electrons. The van der Waals surface area contributed by atoms with Gasteiger partial charge in [0, 0.05) is 18.3 Å². The Kier molecular flexibility index (Phi) is 4.56. The number of amides is 2. The van der Waals surface area contributed by atoms with Crippen LogP contribution in [0, 0.1) is 0 Å². The lowest BCUT2D eigenvalue weighted by molar-refractivity contribution is -0.124. The summed E-state index contributed by atoms with van der Waals surface area (Å²) in [5.41, 5.74) is 1.59. The van der Waals surface area contributed by atoms with Crippen molar-refractivity contribution in [2.24, 2.45) is 0 Å². The van der Waals surface area contributed by atoms with Crippen LogP contribution < -0.4 is 4.74 Å². The fourth-order valence-electron chi connectivity index (χ4n) is 2.44. The van der Waals surface area contributed by atoms with Crippen molar-refractivity contribution in [3.05, 3.63) is 65.9 Å². The van der Waals surface area contributed by atoms with E-state index in [9.17, 15) is 9.59 Å². The number of benzene rings is 1. The number of rotatable bonds is 4. The molecule has 0 N–H and O–H groups in total. The van der Waals surface area contributed by atoms with Gasteiger partial charge in [-0.1, -0.05) is 30.3 Å². The van der Waals surface area contributed by atoms with Crippen molar-refractivity contribution in [1.29, 1.82) is 0 Å². The Hall–Kier alpha value is -3.15. The molecule has 1 unspecified atom stereocenters. The van der Waals surface area contributed by atoms with E-state index in [0.29, 0.717) is 5.88 Å². The lowest BCUT2D eigenvalue weighted by Crippen LogP contribution is -2.32. The minimum atomic E-state index is -0.633. The molecule has 1 aliphatic heterocycles. The number of imide groups is 1. The van der Waals surface area contributed by atoms with Crippen LogP contribution >= 0.6 is 0 Å². The number of nitrogens with zero attached hydrogens (tertiary/aromatic N) is 2. The second kappa shape index (κ2) is 6.95. The van der Waals surface area contributed by atoms with Gasteiger partial charge in [0.1, 0.15) is 12.6 Å². The Balaban J connectivity index is 1.76. The Morgan fingerprint density at radius 1 is 1.29 bits per heavy atom. The molecule has 1 saturated heterocycles. The second-order valence-corrected chi connectivity index (χ2v) is 5.18. The fraction of sp³-hybridized carbons (Fsp3) is 0.167. The number of pyridine rings is 1. The van der Waals surface area contributed by atoms with Crippen LogP contribution in [0.2, 0.25) is 0 Å². The zero-order valence-corrected chi connectivity index (χ0v) is 13.1. The molecule has 0 aliphatic carbocycles. The highest BCUT2D eigenvalue weighted by molar-refractivity contribution is 6.02. The Morgan fingerprint density at radius 3 is 2.75 bits per heavy atom. The molecule has 0 bridgehead atoms. The number of ether oxygens (including phenoxy) is 2. The van der Waals surface area contributed by atoms with Crippen LogP contribution in [0.15, 0.2) is 54.7 Å². The average Bonchev–Trinajstić information content (AvgIpc) is 3.02. The highest BCUT2D eigenvalue weighted by Gasteiger charge is 2.37. The first-order chi connectivity index (χ1) is 11.7. The highest BCUT2D eigenvalue weighted by atomic mass is 16.6. The molecule has 1 aromatic carbocycles. The van der Waals surface area contributed by atoms with E-state index in [1.165, 1.54) is 13.2 Å². The zero-order chi connectivity index (χ0) is 16.9. The van der Waals surface area contributed by atoms with Crippen LogP contribution in [-0.2, 0) is 9.53 Å². The van der Waals surface area contributed by atoms with Crippen molar-refractivity contribution in [3.63, 3.8) is 0 Å². The third-order valence-corrected chi connectivity index (χ3v) is 3.68. The van der Waals surface area contributed by atoms with E-state index in [1.54, 1.807) is 24.4 Å². The largest absolute Gasteiger partial charge is 0.481 e. The normalized spacial score (nSPS) is 17.1. The number of hydrogen-bond acceptors (Lipinski definition) is 5. The standard InChI is InChI=1S/C18H16N2O4/c1-23-16-9-7-13(11-19-16)8-10-17(21)20-15(12-24-18(20)22)14-5-3-2-4-6-14/h2-11,15H,12H2,1H3/b10-8+. The van der Waals surface area contributed by atoms with Gasteiger partial charge in [-0.15, -0.1) is 0 Å². The van der Waals surface area contributed by atoms with Gasteiger partial charge in [-0.3, -0.25) is 4.79 Å². The van der Waals surface area contributed by atoms with E-state index >= 15 is 0 Å². The summed E-state index contributed by atoms with van der Waals surface area (Å²) in [5, 5.41) is 0. The molecule has 2 heterocycles. The first-order valence-electron chi connectivity index (χ1n) is 7.42. The Bertz CT molecular complexity index is 756. The molecule has 6 heteroatoms. The van der Waals surface area contributed by atoms with Crippen LogP contribution in [-0.4, -0.2) is 35.6 Å². The summed E-state index contributed by atoms with van der Waals surface area (Å²) in [6.45, 7) is 0.159. The molecule has 0 saturated carbocycles. The predicted octanol–water partition coefficient (Wildman–Crippen LogP) is 2.82. The summed E-state index contributed by atoms with van der Waals surface area (Å²) in [7, 11) is 1.53. The Labute approximate surface area is 139 Å². The van der Waals surface area contributed by atoms with Gasteiger partial charge in [0.2, 0.25) is 5.88 Å². The summed E-state index contributed by atoms with van der Waals surface area (Å²) >= 11 is 0. The van der Waals surface area contributed by atoms with Crippen molar-refractivity contribution < 1.29 is 19.1 Å². The molecule has 2 aromatic rings. The molecule has 0 radical (unpaired) electrons. The molecule has 6 nitrogen and oxygen atoms in total. The van der Waals surface area contributed by atoms with Gasteiger partial charge in [-0.2, -0.15) is 0 Å². The van der Waals surface area contributed by atoms with Gasteiger partial charge in [-0.25, -0.2) is 14.7 Å². The SMILES string of the molecule is COc1ccc(/C=C/C(=O)N2C(=O)OCC2c2ccccc2)cn1. The van der Waals surface area contributed by atoms with Gasteiger partial charge in [0.05, 0.1) is 7.11 Å². The summed E-state index contributed by atoms with van der Waals surface area (Å²) < 4.78 is 10.0. The maximum Gasteiger partial charge on any atom is 0.417 e. The number of cyclic esters (lactones) is 1. The predicted molar refractivity (Wildman–Crippen MR) is 87.2 cm³/mol. The first-order valence-corrected chi connectivity index (χ1v) is 7.42. The molecule has 1 atom stereocenters. The summed E-state index contributed by atoms with van der Waals surface area (Å²) in [6, 6.07) is 12.4. The minimum absolute atomic E-state index is 0.159. The van der Waals surface area contributed by atoms with Crippen molar-refractivity contribution in [1.82, 2.24) is 9.88 Å². The molecule has 1 aromatic heterocycles. The summed E-state index contributed by atoms with van der Waals surface area (Å²) in [4.78, 5) is 29.5. The number of hydrogen-bond donors (Lipinski definition) is 0. The van der Waals surface area contributed by atoms with Gasteiger partial charge >= 0.3 is 6.09 Å². The molecule has 3 rings (SSSR count). The first kappa shape index (κ1) is 15.7. The van der Waals surface area contributed by atoms with Crippen LogP contribution in [0.3, 0.4) is 0 Å². The third kappa shape index (κ3) is 3.27. The van der Waals surface area contributed by atoms with E-state index < -0.39 is 18.0 Å². The van der Waals surface area contributed by atoms with Crippen LogP contribution in [0.4, 0.5) is 4.79 Å². The maximum atomic E-state index is 12.4. The second-order valence-electron chi connectivity index (χ2n) is 5.18.